The molecule has 0 saturated carbocycles. The van der Waals surface area contributed by atoms with E-state index in [9.17, 15) is 5.21 Å². The maximum absolute atomic E-state index is 11.2. The number of nitrogens with zero attached hydrogens (tertiary/aromatic N) is 1. The first kappa shape index (κ1) is 8.84. The van der Waals surface area contributed by atoms with Crippen molar-refractivity contribution >= 4 is 0 Å². The molecule has 1 heterocycles. The van der Waals surface area contributed by atoms with E-state index in [1.54, 1.807) is 20.2 Å². The minimum atomic E-state index is 0.606. The fourth-order valence-corrected chi connectivity index (χ4v) is 1.07. The first-order valence-corrected chi connectivity index (χ1v) is 3.95. The zero-order valence-corrected chi connectivity index (χ0v) is 7.63. The van der Waals surface area contributed by atoms with E-state index in [4.69, 9.17) is 4.74 Å². The Bertz CT molecular complexity index is 284. The van der Waals surface area contributed by atoms with E-state index in [-0.39, 0.29) is 0 Å². The van der Waals surface area contributed by atoms with Crippen LogP contribution in [-0.4, -0.2) is 7.11 Å². The minimum Gasteiger partial charge on any atom is -0.618 e. The largest absolute Gasteiger partial charge is 0.618 e. The summed E-state index contributed by atoms with van der Waals surface area (Å²) in [5, 5.41) is 11.2. The molecular weight excluding hydrogens is 154 g/mol. The van der Waals surface area contributed by atoms with Crippen molar-refractivity contribution in [2.75, 3.05) is 7.11 Å². The number of pyridine rings is 1. The highest BCUT2D eigenvalue weighted by Crippen LogP contribution is 2.14. The highest BCUT2D eigenvalue weighted by Gasteiger charge is 2.08. The molecule has 0 spiro atoms. The lowest BCUT2D eigenvalue weighted by Gasteiger charge is -2.07. The van der Waals surface area contributed by atoms with Crippen LogP contribution >= 0.6 is 0 Å². The van der Waals surface area contributed by atoms with Gasteiger partial charge in [-0.15, -0.1) is 0 Å². The van der Waals surface area contributed by atoms with Crippen LogP contribution in [0.3, 0.4) is 0 Å². The van der Waals surface area contributed by atoms with Crippen molar-refractivity contribution < 1.29 is 9.47 Å². The molecule has 0 saturated heterocycles. The molecule has 12 heavy (non-hydrogen) atoms. The second-order valence-electron chi connectivity index (χ2n) is 2.68. The third-order valence-electron chi connectivity index (χ3n) is 1.91. The van der Waals surface area contributed by atoms with Crippen LogP contribution in [0.4, 0.5) is 0 Å². The second-order valence-corrected chi connectivity index (χ2v) is 2.68. The molecule has 0 aliphatic carbocycles. The van der Waals surface area contributed by atoms with Gasteiger partial charge in [0.25, 0.3) is 0 Å². The molecule has 0 aliphatic rings. The van der Waals surface area contributed by atoms with E-state index in [0.717, 1.165) is 16.7 Å². The quantitative estimate of drug-likeness (QED) is 0.490. The van der Waals surface area contributed by atoms with Crippen molar-refractivity contribution in [2.45, 2.75) is 20.3 Å². The van der Waals surface area contributed by atoms with E-state index in [2.05, 4.69) is 0 Å². The van der Waals surface area contributed by atoms with Gasteiger partial charge in [0.15, 0.2) is 11.9 Å². The van der Waals surface area contributed by atoms with Gasteiger partial charge < -0.3 is 9.94 Å². The Morgan fingerprint density at radius 3 is 2.75 bits per heavy atom. The van der Waals surface area contributed by atoms with Crippen LogP contribution < -0.4 is 9.47 Å². The molecule has 3 nitrogen and oxygen atoms in total. The van der Waals surface area contributed by atoms with Crippen molar-refractivity contribution in [3.8, 4) is 5.75 Å². The van der Waals surface area contributed by atoms with Gasteiger partial charge in [-0.2, -0.15) is 4.73 Å². The lowest BCUT2D eigenvalue weighted by atomic mass is 10.2. The molecule has 0 atom stereocenters. The number of hydrogen-bond acceptors (Lipinski definition) is 2. The van der Waals surface area contributed by atoms with Crippen LogP contribution in [0.15, 0.2) is 12.3 Å². The molecule has 0 aliphatic heterocycles. The fraction of sp³-hybridized carbons (Fsp3) is 0.444. The van der Waals surface area contributed by atoms with Gasteiger partial charge in [0.2, 0.25) is 5.69 Å². The first-order chi connectivity index (χ1) is 5.69. The number of aryl methyl sites for hydroxylation is 1. The highest BCUT2D eigenvalue weighted by atomic mass is 16.5. The van der Waals surface area contributed by atoms with Crippen LogP contribution in [0.25, 0.3) is 0 Å². The Labute approximate surface area is 72.2 Å². The minimum absolute atomic E-state index is 0.606. The Morgan fingerprint density at radius 2 is 2.25 bits per heavy atom. The van der Waals surface area contributed by atoms with Gasteiger partial charge in [-0.25, -0.2) is 0 Å². The monoisotopic (exact) mass is 167 g/mol. The van der Waals surface area contributed by atoms with E-state index in [1.807, 2.05) is 13.0 Å². The molecule has 0 bridgehead atoms. The van der Waals surface area contributed by atoms with Crippen LogP contribution in [0.2, 0.25) is 0 Å². The molecule has 0 N–H and O–H groups in total. The number of aromatic nitrogens is 1. The SMILES string of the molecule is CCc1cc(OC)c(C)[n+]([O-])c1. The second kappa shape index (κ2) is 3.43. The van der Waals surface area contributed by atoms with E-state index < -0.39 is 0 Å². The highest BCUT2D eigenvalue weighted by molar-refractivity contribution is 5.27. The number of hydrogen-bond donors (Lipinski definition) is 0. The summed E-state index contributed by atoms with van der Waals surface area (Å²) in [6, 6.07) is 1.89. The third-order valence-corrected chi connectivity index (χ3v) is 1.91. The molecule has 3 heteroatoms. The summed E-state index contributed by atoms with van der Waals surface area (Å²) in [7, 11) is 1.57. The van der Waals surface area contributed by atoms with Gasteiger partial charge in [0.05, 0.1) is 7.11 Å². The summed E-state index contributed by atoms with van der Waals surface area (Å²) < 4.78 is 5.89. The standard InChI is InChI=1S/C9H13NO2/c1-4-8-5-9(12-3)7(2)10(11)6-8/h5-6H,4H2,1-3H3. The topological polar surface area (TPSA) is 36.2 Å². The smallest absolute Gasteiger partial charge is 0.231 e. The average molecular weight is 167 g/mol. The Balaban J connectivity index is 3.19. The van der Waals surface area contributed by atoms with E-state index in [1.165, 1.54) is 0 Å². The van der Waals surface area contributed by atoms with Gasteiger partial charge in [-0.05, 0) is 12.5 Å². The molecule has 0 aromatic carbocycles. The van der Waals surface area contributed by atoms with Gasteiger partial charge in [-0.1, -0.05) is 6.92 Å². The molecule has 66 valence electrons. The van der Waals surface area contributed by atoms with Crippen molar-refractivity contribution in [1.82, 2.24) is 0 Å². The lowest BCUT2D eigenvalue weighted by Crippen LogP contribution is -2.30. The van der Waals surface area contributed by atoms with Crippen LogP contribution in [-0.2, 0) is 6.42 Å². The number of methoxy groups -OCH3 is 1. The van der Waals surface area contributed by atoms with Crippen molar-refractivity contribution in [3.63, 3.8) is 0 Å². The summed E-state index contributed by atoms with van der Waals surface area (Å²) in [5.74, 6) is 0.657. The van der Waals surface area contributed by atoms with Crippen LogP contribution in [0.1, 0.15) is 18.2 Å². The number of rotatable bonds is 2. The van der Waals surface area contributed by atoms with Gasteiger partial charge in [0, 0.05) is 12.5 Å². The van der Waals surface area contributed by atoms with Crippen molar-refractivity contribution in [2.24, 2.45) is 0 Å². The van der Waals surface area contributed by atoms with E-state index >= 15 is 0 Å². The maximum Gasteiger partial charge on any atom is 0.231 e. The Kier molecular flexibility index (Phi) is 2.53. The van der Waals surface area contributed by atoms with Gasteiger partial charge >= 0.3 is 0 Å². The summed E-state index contributed by atoms with van der Waals surface area (Å²) >= 11 is 0. The van der Waals surface area contributed by atoms with E-state index in [0.29, 0.717) is 11.4 Å². The van der Waals surface area contributed by atoms with Crippen molar-refractivity contribution in [3.05, 3.63) is 28.7 Å². The Hall–Kier alpha value is -1.25. The van der Waals surface area contributed by atoms with Crippen LogP contribution in [0, 0.1) is 12.1 Å². The summed E-state index contributed by atoms with van der Waals surface area (Å²) in [4.78, 5) is 0. The summed E-state index contributed by atoms with van der Waals surface area (Å²) in [6.07, 6.45) is 2.43. The van der Waals surface area contributed by atoms with Gasteiger partial charge in [0.1, 0.15) is 0 Å². The van der Waals surface area contributed by atoms with Crippen molar-refractivity contribution in [1.29, 1.82) is 0 Å². The molecule has 0 radical (unpaired) electrons. The predicted octanol–water partition coefficient (Wildman–Crippen LogP) is 1.20. The average Bonchev–Trinajstić information content (AvgIpc) is 2.09. The van der Waals surface area contributed by atoms with Gasteiger partial charge in [-0.3, -0.25) is 0 Å². The zero-order valence-electron chi connectivity index (χ0n) is 7.63. The molecule has 0 fully saturated rings. The zero-order chi connectivity index (χ0) is 9.14. The predicted molar refractivity (Wildman–Crippen MR) is 46.1 cm³/mol. The molecular formula is C9H13NO2. The maximum atomic E-state index is 11.2. The molecule has 0 unspecified atom stereocenters. The number of ether oxygens (including phenoxy) is 1. The molecule has 1 rings (SSSR count). The molecule has 1 aromatic rings. The summed E-state index contributed by atoms with van der Waals surface area (Å²) in [5.41, 5.74) is 1.60. The normalized spacial score (nSPS) is 9.92. The lowest BCUT2D eigenvalue weighted by molar-refractivity contribution is -0.613. The third kappa shape index (κ3) is 1.49. The molecule has 1 aromatic heterocycles. The fourth-order valence-electron chi connectivity index (χ4n) is 1.07. The summed E-state index contributed by atoms with van der Waals surface area (Å²) in [6.45, 7) is 3.75. The first-order valence-electron chi connectivity index (χ1n) is 3.95. The molecule has 0 amide bonds. The Morgan fingerprint density at radius 1 is 1.58 bits per heavy atom. The van der Waals surface area contributed by atoms with Crippen LogP contribution in [0.5, 0.6) is 5.75 Å².